The molecule has 0 fully saturated rings. The lowest BCUT2D eigenvalue weighted by molar-refractivity contribution is 0.0456. The van der Waals surface area contributed by atoms with E-state index in [1.54, 1.807) is 32.9 Å². The summed E-state index contributed by atoms with van der Waals surface area (Å²) in [6.07, 6.45) is 0.0512. The molecule has 7 nitrogen and oxygen atoms in total. The average molecular weight is 345 g/mol. The van der Waals surface area contributed by atoms with E-state index in [0.717, 1.165) is 11.8 Å². The van der Waals surface area contributed by atoms with Crippen LogP contribution in [-0.4, -0.2) is 40.0 Å². The number of alkyl carbamates (subject to hydrolysis) is 1. The number of hydrogen-bond acceptors (Lipinski definition) is 6. The van der Waals surface area contributed by atoms with Crippen molar-refractivity contribution >= 4 is 16.2 Å². The molecule has 1 amide bonds. The van der Waals surface area contributed by atoms with Crippen LogP contribution < -0.4 is 9.50 Å². The Balaban J connectivity index is 2.66. The molecule has 23 heavy (non-hydrogen) atoms. The van der Waals surface area contributed by atoms with Gasteiger partial charge in [-0.25, -0.2) is 4.79 Å². The van der Waals surface area contributed by atoms with Crippen molar-refractivity contribution in [2.24, 2.45) is 0 Å². The first-order chi connectivity index (χ1) is 10.5. The predicted molar refractivity (Wildman–Crippen MR) is 85.9 cm³/mol. The van der Waals surface area contributed by atoms with Crippen LogP contribution in [0.4, 0.5) is 4.79 Å². The number of rotatable bonds is 6. The Kier molecular flexibility index (Phi) is 6.40. The summed E-state index contributed by atoms with van der Waals surface area (Å²) in [6.45, 7) is 5.56. The molecule has 0 saturated heterocycles. The zero-order valence-corrected chi connectivity index (χ0v) is 14.8. The number of methoxy groups -OCH3 is 1. The zero-order chi connectivity index (χ0) is 17.7. The van der Waals surface area contributed by atoms with E-state index in [1.165, 1.54) is 19.2 Å². The average Bonchev–Trinajstić information content (AvgIpc) is 2.37. The Morgan fingerprint density at radius 2 is 1.78 bits per heavy atom. The van der Waals surface area contributed by atoms with Crippen LogP contribution in [0, 0.1) is 0 Å². The van der Waals surface area contributed by atoms with Crippen molar-refractivity contribution in [2.75, 3.05) is 19.9 Å². The number of nitrogens with one attached hydrogen (secondary N) is 1. The van der Waals surface area contributed by atoms with E-state index in [-0.39, 0.29) is 12.3 Å². The van der Waals surface area contributed by atoms with E-state index in [9.17, 15) is 13.2 Å². The summed E-state index contributed by atoms with van der Waals surface area (Å²) < 4.78 is 37.4. The van der Waals surface area contributed by atoms with Crippen molar-refractivity contribution in [2.45, 2.75) is 32.5 Å². The predicted octanol–water partition coefficient (Wildman–Crippen LogP) is 2.24. The second kappa shape index (κ2) is 7.65. The third-order valence-electron chi connectivity index (χ3n) is 2.61. The maximum Gasteiger partial charge on any atom is 0.407 e. The Hall–Kier alpha value is -1.80. The lowest BCUT2D eigenvalue weighted by atomic mass is 10.1. The van der Waals surface area contributed by atoms with Gasteiger partial charge in [0.05, 0.1) is 18.9 Å². The molecule has 0 radical (unpaired) electrons. The van der Waals surface area contributed by atoms with Gasteiger partial charge in [0.25, 0.3) is 0 Å². The molecule has 0 heterocycles. The van der Waals surface area contributed by atoms with Crippen LogP contribution in [0.15, 0.2) is 24.3 Å². The van der Waals surface area contributed by atoms with Gasteiger partial charge in [-0.1, -0.05) is 12.1 Å². The van der Waals surface area contributed by atoms with Crippen LogP contribution in [-0.2, 0) is 19.6 Å². The van der Waals surface area contributed by atoms with Gasteiger partial charge in [0.1, 0.15) is 11.4 Å². The maximum absolute atomic E-state index is 11.6. The van der Waals surface area contributed by atoms with Gasteiger partial charge >= 0.3 is 16.2 Å². The molecule has 0 saturated carbocycles. The standard InChI is InChI=1S/C15H23NO6S/c1-15(2,3)21-14(17)16-10-13(20-4)11-6-8-12(9-7-11)22-23(5,18)19/h6-9,13H,10H2,1-5H3,(H,16,17). The molecule has 1 aromatic carbocycles. The molecule has 1 N–H and O–H groups in total. The third kappa shape index (κ3) is 7.85. The minimum Gasteiger partial charge on any atom is -0.444 e. The summed E-state index contributed by atoms with van der Waals surface area (Å²) in [5.74, 6) is 0.214. The molecular weight excluding hydrogens is 322 g/mol. The summed E-state index contributed by atoms with van der Waals surface area (Å²) in [5.41, 5.74) is 0.196. The highest BCUT2D eigenvalue weighted by Gasteiger charge is 2.18. The van der Waals surface area contributed by atoms with Gasteiger partial charge in [-0.15, -0.1) is 0 Å². The molecule has 0 aliphatic heterocycles. The summed E-state index contributed by atoms with van der Waals surface area (Å²) in [4.78, 5) is 11.6. The first-order valence-electron chi connectivity index (χ1n) is 6.99. The van der Waals surface area contributed by atoms with Crippen LogP contribution in [0.25, 0.3) is 0 Å². The second-order valence-corrected chi connectivity index (χ2v) is 7.54. The molecule has 0 aliphatic rings. The number of carbonyl (C=O) groups is 1. The molecule has 1 rings (SSSR count). The van der Waals surface area contributed by atoms with Gasteiger partial charge in [-0.3, -0.25) is 0 Å². The van der Waals surface area contributed by atoms with Gasteiger partial charge in [0.15, 0.2) is 0 Å². The highest BCUT2D eigenvalue weighted by molar-refractivity contribution is 7.86. The van der Waals surface area contributed by atoms with Crippen LogP contribution in [0.3, 0.4) is 0 Å². The van der Waals surface area contributed by atoms with E-state index in [0.29, 0.717) is 0 Å². The molecule has 130 valence electrons. The molecule has 0 aromatic heterocycles. The number of carbonyl (C=O) groups excluding carboxylic acids is 1. The normalized spacial score (nSPS) is 13.3. The van der Waals surface area contributed by atoms with Crippen molar-refractivity contribution in [1.29, 1.82) is 0 Å². The number of benzene rings is 1. The van der Waals surface area contributed by atoms with E-state index in [4.69, 9.17) is 13.7 Å². The fourth-order valence-electron chi connectivity index (χ4n) is 1.74. The molecular formula is C15H23NO6S. The van der Waals surface area contributed by atoms with Crippen LogP contribution in [0.2, 0.25) is 0 Å². The summed E-state index contributed by atoms with van der Waals surface area (Å²) in [5, 5.41) is 2.63. The Bertz CT molecular complexity index is 618. The minimum atomic E-state index is -3.56. The van der Waals surface area contributed by atoms with E-state index < -0.39 is 27.9 Å². The highest BCUT2D eigenvalue weighted by atomic mass is 32.2. The largest absolute Gasteiger partial charge is 0.444 e. The van der Waals surface area contributed by atoms with Gasteiger partial charge < -0.3 is 19.0 Å². The fourth-order valence-corrected chi connectivity index (χ4v) is 2.20. The molecule has 1 aromatic rings. The lowest BCUT2D eigenvalue weighted by Gasteiger charge is -2.21. The van der Waals surface area contributed by atoms with Gasteiger partial charge in [-0.05, 0) is 38.5 Å². The van der Waals surface area contributed by atoms with Gasteiger partial charge in [0.2, 0.25) is 0 Å². The maximum atomic E-state index is 11.6. The number of amides is 1. The first kappa shape index (κ1) is 19.2. The summed E-state index contributed by atoms with van der Waals surface area (Å²) in [7, 11) is -2.04. The van der Waals surface area contributed by atoms with E-state index in [1.807, 2.05) is 0 Å². The molecule has 1 unspecified atom stereocenters. The van der Waals surface area contributed by atoms with E-state index in [2.05, 4.69) is 5.32 Å². The van der Waals surface area contributed by atoms with Crippen LogP contribution >= 0.6 is 0 Å². The molecule has 8 heteroatoms. The number of hydrogen-bond donors (Lipinski definition) is 1. The molecule has 0 spiro atoms. The van der Waals surface area contributed by atoms with Crippen molar-refractivity contribution < 1.29 is 26.9 Å². The second-order valence-electron chi connectivity index (χ2n) is 5.96. The lowest BCUT2D eigenvalue weighted by Crippen LogP contribution is -2.35. The first-order valence-corrected chi connectivity index (χ1v) is 8.81. The van der Waals surface area contributed by atoms with Crippen LogP contribution in [0.1, 0.15) is 32.4 Å². The quantitative estimate of drug-likeness (QED) is 0.795. The SMILES string of the molecule is COC(CNC(=O)OC(C)(C)C)c1ccc(OS(C)(=O)=O)cc1. The van der Waals surface area contributed by atoms with Gasteiger partial charge in [0, 0.05) is 7.11 Å². The van der Waals surface area contributed by atoms with Gasteiger partial charge in [-0.2, -0.15) is 8.42 Å². The topological polar surface area (TPSA) is 90.9 Å². The fraction of sp³-hybridized carbons (Fsp3) is 0.533. The number of ether oxygens (including phenoxy) is 2. The molecule has 0 bridgehead atoms. The summed E-state index contributed by atoms with van der Waals surface area (Å²) in [6, 6.07) is 6.39. The van der Waals surface area contributed by atoms with Crippen LogP contribution in [0.5, 0.6) is 5.75 Å². The smallest absolute Gasteiger partial charge is 0.407 e. The Morgan fingerprint density at radius 1 is 1.22 bits per heavy atom. The Morgan fingerprint density at radius 3 is 2.22 bits per heavy atom. The molecule has 0 aliphatic carbocycles. The third-order valence-corrected chi connectivity index (χ3v) is 3.11. The zero-order valence-electron chi connectivity index (χ0n) is 14.0. The van der Waals surface area contributed by atoms with Crippen molar-refractivity contribution in [1.82, 2.24) is 5.32 Å². The summed E-state index contributed by atoms with van der Waals surface area (Å²) >= 11 is 0. The molecule has 1 atom stereocenters. The monoisotopic (exact) mass is 345 g/mol. The Labute approximate surface area is 137 Å². The van der Waals surface area contributed by atoms with Crippen molar-refractivity contribution in [3.63, 3.8) is 0 Å². The van der Waals surface area contributed by atoms with Crippen molar-refractivity contribution in [3.05, 3.63) is 29.8 Å². The van der Waals surface area contributed by atoms with Crippen molar-refractivity contribution in [3.8, 4) is 5.75 Å². The highest BCUT2D eigenvalue weighted by Crippen LogP contribution is 2.20. The van der Waals surface area contributed by atoms with E-state index >= 15 is 0 Å². The minimum absolute atomic E-state index is 0.214.